The molecule has 0 bridgehead atoms. The molecule has 1 saturated heterocycles. The number of rotatable bonds is 3. The van der Waals surface area contributed by atoms with Crippen LogP contribution in [0, 0.1) is 0 Å². The first kappa shape index (κ1) is 13.6. The van der Waals surface area contributed by atoms with E-state index in [2.05, 4.69) is 10.3 Å². The lowest BCUT2D eigenvalue weighted by atomic mass is 10.2. The van der Waals surface area contributed by atoms with Gasteiger partial charge in [0.05, 0.1) is 5.75 Å². The van der Waals surface area contributed by atoms with Crippen molar-refractivity contribution in [3.63, 3.8) is 0 Å². The Morgan fingerprint density at radius 2 is 2.44 bits per heavy atom. The first-order valence-electron chi connectivity index (χ1n) is 5.33. The van der Waals surface area contributed by atoms with Gasteiger partial charge in [-0.2, -0.15) is 0 Å². The average molecular weight is 261 g/mol. The van der Waals surface area contributed by atoms with E-state index in [9.17, 15) is 4.21 Å². The lowest BCUT2D eigenvalue weighted by molar-refractivity contribution is 0.519. The fourth-order valence-electron chi connectivity index (χ4n) is 1.81. The minimum absolute atomic E-state index is 0. The van der Waals surface area contributed by atoms with Gasteiger partial charge in [0.25, 0.3) is 0 Å². The smallest absolute Gasteiger partial charge is 0.0504 e. The first-order valence-corrected chi connectivity index (χ1v) is 6.71. The van der Waals surface area contributed by atoms with Crippen LogP contribution in [-0.4, -0.2) is 27.5 Å². The molecule has 2 atom stereocenters. The van der Waals surface area contributed by atoms with Gasteiger partial charge in [-0.3, -0.25) is 9.19 Å². The third kappa shape index (κ3) is 3.85. The molecular formula is C11H17ClN2OS. The second-order valence-corrected chi connectivity index (χ2v) is 5.57. The Kier molecular flexibility index (Phi) is 5.95. The number of pyridine rings is 1. The summed E-state index contributed by atoms with van der Waals surface area (Å²) in [7, 11) is -0.760. The van der Waals surface area contributed by atoms with E-state index >= 15 is 0 Å². The molecule has 0 aliphatic carbocycles. The van der Waals surface area contributed by atoms with Crippen LogP contribution < -0.4 is 5.32 Å². The highest BCUT2D eigenvalue weighted by molar-refractivity contribution is 7.84. The number of hydrogen-bond donors (Lipinski definition) is 1. The van der Waals surface area contributed by atoms with E-state index in [4.69, 9.17) is 0 Å². The molecule has 2 unspecified atom stereocenters. The van der Waals surface area contributed by atoms with Gasteiger partial charge in [-0.25, -0.2) is 0 Å². The summed E-state index contributed by atoms with van der Waals surface area (Å²) < 4.78 is 12.0. The molecule has 1 fully saturated rings. The summed E-state index contributed by atoms with van der Waals surface area (Å²) in [5, 5.41) is 3.61. The summed E-state index contributed by atoms with van der Waals surface area (Å²) in [5.74, 6) is 0.639. The molecule has 2 rings (SSSR count). The van der Waals surface area contributed by atoms with Gasteiger partial charge in [0.15, 0.2) is 0 Å². The summed E-state index contributed by atoms with van der Waals surface area (Å²) in [6.07, 6.45) is 5.77. The van der Waals surface area contributed by atoms with E-state index in [1.165, 1.54) is 0 Å². The molecule has 1 aromatic rings. The van der Waals surface area contributed by atoms with Crippen molar-refractivity contribution in [2.45, 2.75) is 23.8 Å². The third-order valence-electron chi connectivity index (χ3n) is 2.66. The van der Waals surface area contributed by atoms with Crippen LogP contribution in [0.5, 0.6) is 0 Å². The van der Waals surface area contributed by atoms with Gasteiger partial charge < -0.3 is 5.32 Å². The van der Waals surface area contributed by atoms with Gasteiger partial charge in [-0.15, -0.1) is 12.4 Å². The van der Waals surface area contributed by atoms with Crippen molar-refractivity contribution in [2.24, 2.45) is 0 Å². The molecule has 1 N–H and O–H groups in total. The molecule has 1 aromatic heterocycles. The highest BCUT2D eigenvalue weighted by Gasteiger charge is 2.19. The van der Waals surface area contributed by atoms with Crippen LogP contribution in [0.3, 0.4) is 0 Å². The van der Waals surface area contributed by atoms with E-state index in [1.54, 1.807) is 12.4 Å². The number of aromatic nitrogens is 1. The van der Waals surface area contributed by atoms with Gasteiger partial charge >= 0.3 is 0 Å². The number of halogens is 1. The number of nitrogens with zero attached hydrogens (tertiary/aromatic N) is 1. The minimum Gasteiger partial charge on any atom is -0.316 e. The maximum atomic E-state index is 12.0. The fraction of sp³-hybridized carbons (Fsp3) is 0.545. The van der Waals surface area contributed by atoms with Crippen LogP contribution in [0.4, 0.5) is 0 Å². The lowest BCUT2D eigenvalue weighted by Gasteiger charge is -2.21. The van der Waals surface area contributed by atoms with E-state index in [0.717, 1.165) is 31.5 Å². The Labute approximate surface area is 105 Å². The molecular weight excluding hydrogens is 244 g/mol. The van der Waals surface area contributed by atoms with Crippen LogP contribution >= 0.6 is 12.4 Å². The molecule has 0 radical (unpaired) electrons. The maximum absolute atomic E-state index is 12.0. The summed E-state index contributed by atoms with van der Waals surface area (Å²) in [5.41, 5.74) is 1.07. The molecule has 0 spiro atoms. The van der Waals surface area contributed by atoms with Gasteiger partial charge in [0, 0.05) is 35.0 Å². The van der Waals surface area contributed by atoms with Gasteiger partial charge in [-0.1, -0.05) is 6.07 Å². The predicted octanol–water partition coefficient (Wildman–Crippen LogP) is 1.50. The Bertz CT molecular complexity index is 328. The molecule has 3 nitrogen and oxygen atoms in total. The van der Waals surface area contributed by atoms with Crippen molar-refractivity contribution in [2.75, 3.05) is 13.1 Å². The van der Waals surface area contributed by atoms with Gasteiger partial charge in [0.2, 0.25) is 0 Å². The summed E-state index contributed by atoms with van der Waals surface area (Å²) >= 11 is 0. The van der Waals surface area contributed by atoms with Crippen LogP contribution in [0.2, 0.25) is 0 Å². The number of hydrogen-bond acceptors (Lipinski definition) is 3. The molecule has 2 heterocycles. The van der Waals surface area contributed by atoms with E-state index in [1.807, 2.05) is 12.1 Å². The van der Waals surface area contributed by atoms with Crippen LogP contribution in [-0.2, 0) is 16.6 Å². The topological polar surface area (TPSA) is 42.0 Å². The zero-order chi connectivity index (χ0) is 10.5. The van der Waals surface area contributed by atoms with E-state index in [-0.39, 0.29) is 12.4 Å². The van der Waals surface area contributed by atoms with Crippen molar-refractivity contribution in [3.05, 3.63) is 30.1 Å². The third-order valence-corrected chi connectivity index (χ3v) is 4.42. The zero-order valence-corrected chi connectivity index (χ0v) is 10.7. The molecule has 0 aromatic carbocycles. The van der Waals surface area contributed by atoms with Crippen molar-refractivity contribution < 1.29 is 4.21 Å². The quantitative estimate of drug-likeness (QED) is 0.896. The minimum atomic E-state index is -0.760. The number of piperidine rings is 1. The second-order valence-electron chi connectivity index (χ2n) is 3.85. The second kappa shape index (κ2) is 6.99. The first-order chi connectivity index (χ1) is 7.36. The number of nitrogens with one attached hydrogen (secondary N) is 1. The van der Waals surface area contributed by atoms with Crippen LogP contribution in [0.1, 0.15) is 18.4 Å². The zero-order valence-electron chi connectivity index (χ0n) is 9.09. The monoisotopic (exact) mass is 260 g/mol. The van der Waals surface area contributed by atoms with Crippen LogP contribution in [0.15, 0.2) is 24.5 Å². The highest BCUT2D eigenvalue weighted by Crippen LogP contribution is 2.12. The van der Waals surface area contributed by atoms with Crippen molar-refractivity contribution in [1.29, 1.82) is 0 Å². The van der Waals surface area contributed by atoms with Gasteiger partial charge in [0.1, 0.15) is 0 Å². The van der Waals surface area contributed by atoms with Crippen LogP contribution in [0.25, 0.3) is 0 Å². The molecule has 16 heavy (non-hydrogen) atoms. The Hall–Kier alpha value is -0.450. The predicted molar refractivity (Wildman–Crippen MR) is 69.2 cm³/mol. The molecule has 90 valence electrons. The molecule has 0 amide bonds. The van der Waals surface area contributed by atoms with E-state index < -0.39 is 10.8 Å². The van der Waals surface area contributed by atoms with Crippen molar-refractivity contribution in [1.82, 2.24) is 10.3 Å². The lowest BCUT2D eigenvalue weighted by Crippen LogP contribution is -2.36. The largest absolute Gasteiger partial charge is 0.316 e. The van der Waals surface area contributed by atoms with E-state index in [0.29, 0.717) is 11.0 Å². The molecule has 1 aliphatic heterocycles. The summed E-state index contributed by atoms with van der Waals surface area (Å²) in [6.45, 7) is 1.97. The van der Waals surface area contributed by atoms with Crippen molar-refractivity contribution in [3.8, 4) is 0 Å². The Balaban J connectivity index is 0.00000128. The summed E-state index contributed by atoms with van der Waals surface area (Å²) in [6, 6.07) is 3.88. The fourth-order valence-corrected chi connectivity index (χ4v) is 3.28. The maximum Gasteiger partial charge on any atom is 0.0504 e. The summed E-state index contributed by atoms with van der Waals surface area (Å²) in [4.78, 5) is 4.03. The van der Waals surface area contributed by atoms with Gasteiger partial charge in [-0.05, 0) is 31.0 Å². The Morgan fingerprint density at radius 3 is 3.06 bits per heavy atom. The molecule has 5 heteroatoms. The standard InChI is InChI=1S/C11H16N2OS.ClH/c14-15(11-4-2-6-13-8-11)9-10-3-1-5-12-7-10;/h1,3,5,7,11,13H,2,4,6,8-9H2;1H. The average Bonchev–Trinajstić information content (AvgIpc) is 2.31. The highest BCUT2D eigenvalue weighted by atomic mass is 35.5. The SMILES string of the molecule is Cl.O=S(Cc1cccnc1)C1CCCNC1. The molecule has 1 aliphatic rings. The Morgan fingerprint density at radius 1 is 1.56 bits per heavy atom. The van der Waals surface area contributed by atoms with Crippen molar-refractivity contribution >= 4 is 23.2 Å². The normalized spacial score (nSPS) is 22.1. The molecule has 0 saturated carbocycles.